The molecule has 152 valence electrons. The Balaban J connectivity index is 1.80. The molecule has 0 atom stereocenters. The molecule has 2 amide bonds. The Morgan fingerprint density at radius 2 is 1.83 bits per heavy atom. The van der Waals surface area contributed by atoms with Crippen molar-refractivity contribution in [2.45, 2.75) is 6.18 Å². The third-order valence-corrected chi connectivity index (χ3v) is 4.92. The summed E-state index contributed by atoms with van der Waals surface area (Å²) in [5.41, 5.74) is -1.56. The van der Waals surface area contributed by atoms with E-state index < -0.39 is 29.4 Å². The van der Waals surface area contributed by atoms with Crippen LogP contribution in [0, 0.1) is 0 Å². The van der Waals surface area contributed by atoms with Gasteiger partial charge in [-0.15, -0.1) is 11.3 Å². The maximum Gasteiger partial charge on any atom is 0.416 e. The molecule has 0 aliphatic rings. The number of fused-ring (bicyclic) bond motifs is 1. The number of thiophene rings is 1. The van der Waals surface area contributed by atoms with Gasteiger partial charge in [0.15, 0.2) is 5.58 Å². The molecule has 0 radical (unpaired) electrons. The number of ether oxygens (including phenoxy) is 1. The number of amides is 2. The van der Waals surface area contributed by atoms with Crippen molar-refractivity contribution in [3.63, 3.8) is 0 Å². The van der Waals surface area contributed by atoms with Crippen molar-refractivity contribution >= 4 is 44.3 Å². The van der Waals surface area contributed by atoms with Gasteiger partial charge in [-0.1, -0.05) is 0 Å². The molecule has 0 saturated heterocycles. The van der Waals surface area contributed by atoms with Crippen LogP contribution in [0.4, 0.5) is 28.7 Å². The number of nitrogens with zero attached hydrogens (tertiary/aromatic N) is 1. The van der Waals surface area contributed by atoms with Crippen molar-refractivity contribution in [2.75, 3.05) is 24.4 Å². The first-order chi connectivity index (χ1) is 13.6. The fraction of sp³-hybridized carbons (Fsp3) is 0.167. The van der Waals surface area contributed by atoms with Crippen LogP contribution >= 0.6 is 11.3 Å². The standard InChI is InChI=1S/C18H13F3N2O5S/c1-23(10-5-3-9(4-6-10)18(19,20)21)17(26)22-14-8-12-13(29-14)7-11(15(24)27-2)16(25)28-12/h3-8H,1-2H3,(H,22,26). The Labute approximate surface area is 165 Å². The van der Waals surface area contributed by atoms with E-state index in [2.05, 4.69) is 10.1 Å². The first-order valence-corrected chi connectivity index (χ1v) is 8.80. The molecular weight excluding hydrogens is 413 g/mol. The zero-order valence-electron chi connectivity index (χ0n) is 15.0. The van der Waals surface area contributed by atoms with Crippen LogP contribution in [0.25, 0.3) is 10.3 Å². The van der Waals surface area contributed by atoms with Crippen molar-refractivity contribution in [1.82, 2.24) is 0 Å². The summed E-state index contributed by atoms with van der Waals surface area (Å²) in [6.07, 6.45) is -4.47. The monoisotopic (exact) mass is 426 g/mol. The number of carbonyl (C=O) groups is 2. The van der Waals surface area contributed by atoms with Crippen LogP contribution in [-0.2, 0) is 10.9 Å². The molecule has 0 spiro atoms. The van der Waals surface area contributed by atoms with Gasteiger partial charge in [0.1, 0.15) is 10.6 Å². The fourth-order valence-corrected chi connectivity index (χ4v) is 3.33. The third-order valence-electron chi connectivity index (χ3n) is 3.94. The second-order valence-electron chi connectivity index (χ2n) is 5.81. The van der Waals surface area contributed by atoms with Gasteiger partial charge in [-0.3, -0.25) is 10.2 Å². The average molecular weight is 426 g/mol. The van der Waals surface area contributed by atoms with E-state index in [-0.39, 0.29) is 16.8 Å². The highest BCUT2D eigenvalue weighted by molar-refractivity contribution is 7.22. The van der Waals surface area contributed by atoms with Gasteiger partial charge in [0.05, 0.1) is 17.4 Å². The number of rotatable bonds is 3. The number of carbonyl (C=O) groups excluding carboxylic acids is 2. The molecule has 3 aromatic rings. The van der Waals surface area contributed by atoms with Gasteiger partial charge in [-0.25, -0.2) is 14.4 Å². The highest BCUT2D eigenvalue weighted by Gasteiger charge is 2.30. The molecule has 11 heteroatoms. The van der Waals surface area contributed by atoms with Crippen LogP contribution in [0.5, 0.6) is 0 Å². The minimum atomic E-state index is -4.47. The maximum absolute atomic E-state index is 12.6. The van der Waals surface area contributed by atoms with Crippen molar-refractivity contribution in [2.24, 2.45) is 0 Å². The van der Waals surface area contributed by atoms with Crippen LogP contribution in [0.1, 0.15) is 15.9 Å². The number of anilines is 2. The number of urea groups is 1. The normalized spacial score (nSPS) is 11.3. The predicted octanol–water partition coefficient (Wildman–Crippen LogP) is 4.33. The Hall–Kier alpha value is -3.34. The van der Waals surface area contributed by atoms with Gasteiger partial charge < -0.3 is 9.15 Å². The lowest BCUT2D eigenvalue weighted by molar-refractivity contribution is -0.137. The number of nitrogens with one attached hydrogen (secondary N) is 1. The number of alkyl halides is 3. The Morgan fingerprint density at radius 1 is 1.17 bits per heavy atom. The maximum atomic E-state index is 12.6. The zero-order chi connectivity index (χ0) is 21.3. The highest BCUT2D eigenvalue weighted by Crippen LogP contribution is 2.32. The summed E-state index contributed by atoms with van der Waals surface area (Å²) in [5, 5.41) is 2.88. The Morgan fingerprint density at radius 3 is 2.41 bits per heavy atom. The van der Waals surface area contributed by atoms with Crippen LogP contribution in [0.15, 0.2) is 45.6 Å². The molecule has 3 rings (SSSR count). The molecule has 0 aliphatic carbocycles. The number of hydrogen-bond donors (Lipinski definition) is 1. The van der Waals surface area contributed by atoms with E-state index in [1.165, 1.54) is 31.3 Å². The van der Waals surface area contributed by atoms with Gasteiger partial charge in [-0.05, 0) is 30.3 Å². The number of benzene rings is 1. The minimum Gasteiger partial charge on any atom is -0.465 e. The molecule has 0 saturated carbocycles. The summed E-state index contributed by atoms with van der Waals surface area (Å²) >= 11 is 1.05. The first kappa shape index (κ1) is 20.4. The van der Waals surface area contributed by atoms with Gasteiger partial charge in [-0.2, -0.15) is 13.2 Å². The largest absolute Gasteiger partial charge is 0.465 e. The molecular formula is C18H13F3N2O5S. The number of halogens is 3. The van der Waals surface area contributed by atoms with E-state index in [0.717, 1.165) is 35.5 Å². The van der Waals surface area contributed by atoms with E-state index in [4.69, 9.17) is 4.42 Å². The molecule has 1 N–H and O–H groups in total. The molecule has 0 bridgehead atoms. The van der Waals surface area contributed by atoms with E-state index in [1.807, 2.05) is 0 Å². The van der Waals surface area contributed by atoms with Crippen molar-refractivity contribution in [3.05, 3.63) is 57.9 Å². The lowest BCUT2D eigenvalue weighted by atomic mass is 10.2. The van der Waals surface area contributed by atoms with Crippen molar-refractivity contribution < 1.29 is 31.9 Å². The Bertz CT molecular complexity index is 1140. The van der Waals surface area contributed by atoms with E-state index in [1.54, 1.807) is 0 Å². The zero-order valence-corrected chi connectivity index (χ0v) is 15.8. The first-order valence-electron chi connectivity index (χ1n) is 7.98. The van der Waals surface area contributed by atoms with Crippen molar-refractivity contribution in [3.8, 4) is 0 Å². The molecule has 0 fully saturated rings. The number of hydrogen-bond acceptors (Lipinski definition) is 6. The summed E-state index contributed by atoms with van der Waals surface area (Å²) in [6.45, 7) is 0. The molecule has 0 aliphatic heterocycles. The molecule has 0 unspecified atom stereocenters. The van der Waals surface area contributed by atoms with Crippen LogP contribution in [-0.4, -0.2) is 26.2 Å². The van der Waals surface area contributed by atoms with Crippen LogP contribution < -0.4 is 15.8 Å². The van der Waals surface area contributed by atoms with Crippen LogP contribution in [0.3, 0.4) is 0 Å². The van der Waals surface area contributed by atoms with E-state index in [9.17, 15) is 27.6 Å². The minimum absolute atomic E-state index is 0.167. The van der Waals surface area contributed by atoms with Gasteiger partial charge in [0, 0.05) is 18.8 Å². The van der Waals surface area contributed by atoms with E-state index in [0.29, 0.717) is 9.70 Å². The summed E-state index contributed by atoms with van der Waals surface area (Å²) in [7, 11) is 2.52. The summed E-state index contributed by atoms with van der Waals surface area (Å²) < 4.78 is 47.9. The molecule has 1 aromatic carbocycles. The summed E-state index contributed by atoms with van der Waals surface area (Å²) in [6, 6.07) is 6.19. The molecule has 29 heavy (non-hydrogen) atoms. The molecule has 2 heterocycles. The summed E-state index contributed by atoms with van der Waals surface area (Å²) in [5.74, 6) is -0.846. The summed E-state index contributed by atoms with van der Waals surface area (Å²) in [4.78, 5) is 36.9. The SMILES string of the molecule is COC(=O)c1cc2sc(NC(=O)N(C)c3ccc(C(F)(F)F)cc3)cc2oc1=O. The highest BCUT2D eigenvalue weighted by atomic mass is 32.1. The van der Waals surface area contributed by atoms with Gasteiger partial charge in [0.2, 0.25) is 0 Å². The number of esters is 1. The average Bonchev–Trinajstić information content (AvgIpc) is 3.06. The van der Waals surface area contributed by atoms with E-state index >= 15 is 0 Å². The topological polar surface area (TPSA) is 88.8 Å². The smallest absolute Gasteiger partial charge is 0.416 e. The number of methoxy groups -OCH3 is 1. The second kappa shape index (κ2) is 7.59. The van der Waals surface area contributed by atoms with Crippen LogP contribution in [0.2, 0.25) is 0 Å². The van der Waals surface area contributed by atoms with Gasteiger partial charge >= 0.3 is 23.8 Å². The lowest BCUT2D eigenvalue weighted by Gasteiger charge is -2.18. The fourth-order valence-electron chi connectivity index (χ4n) is 2.41. The second-order valence-corrected chi connectivity index (χ2v) is 6.90. The third kappa shape index (κ3) is 4.24. The molecule has 7 nitrogen and oxygen atoms in total. The molecule has 2 aromatic heterocycles. The van der Waals surface area contributed by atoms with Crippen molar-refractivity contribution in [1.29, 1.82) is 0 Å². The van der Waals surface area contributed by atoms with Gasteiger partial charge in [0.25, 0.3) is 0 Å². The predicted molar refractivity (Wildman–Crippen MR) is 101 cm³/mol. The Kier molecular flexibility index (Phi) is 5.33. The quantitative estimate of drug-likeness (QED) is 0.630. The lowest BCUT2D eigenvalue weighted by Crippen LogP contribution is -2.30.